The molecule has 2 nitrogen and oxygen atoms in total. The van der Waals surface area contributed by atoms with Crippen molar-refractivity contribution in [3.63, 3.8) is 0 Å². The fourth-order valence-electron chi connectivity index (χ4n) is 1.74. The maximum atomic E-state index is 11.6. The van der Waals surface area contributed by atoms with Crippen LogP contribution in [-0.4, -0.2) is 17.9 Å². The van der Waals surface area contributed by atoms with E-state index in [1.54, 1.807) is 11.8 Å². The van der Waals surface area contributed by atoms with Crippen LogP contribution in [0.1, 0.15) is 38.2 Å². The predicted molar refractivity (Wildman–Crippen MR) is 81.3 cm³/mol. The molecule has 0 unspecified atom stereocenters. The second kappa shape index (κ2) is 9.03. The highest BCUT2D eigenvalue weighted by Gasteiger charge is 2.01. The first-order chi connectivity index (χ1) is 8.76. The van der Waals surface area contributed by atoms with Crippen molar-refractivity contribution in [3.05, 3.63) is 29.8 Å². The van der Waals surface area contributed by atoms with Gasteiger partial charge in [-0.1, -0.05) is 25.5 Å². The van der Waals surface area contributed by atoms with E-state index in [4.69, 9.17) is 0 Å². The fraction of sp³-hybridized carbons (Fsp3) is 0.533. The number of aryl methyl sites for hydroxylation is 1. The summed E-state index contributed by atoms with van der Waals surface area (Å²) in [6.07, 6.45) is 7.18. The van der Waals surface area contributed by atoms with Crippen molar-refractivity contribution in [1.82, 2.24) is 0 Å². The van der Waals surface area contributed by atoms with Crippen molar-refractivity contribution in [2.45, 2.75) is 39.0 Å². The van der Waals surface area contributed by atoms with E-state index < -0.39 is 0 Å². The molecule has 0 radical (unpaired) electrons. The zero-order valence-electron chi connectivity index (χ0n) is 11.4. The van der Waals surface area contributed by atoms with E-state index in [0.717, 1.165) is 24.3 Å². The van der Waals surface area contributed by atoms with Gasteiger partial charge in [0.05, 0.1) is 0 Å². The number of carbonyl (C=O) groups is 1. The minimum Gasteiger partial charge on any atom is -0.326 e. The van der Waals surface area contributed by atoms with Crippen LogP contribution in [0.5, 0.6) is 0 Å². The lowest BCUT2D eigenvalue weighted by Gasteiger charge is -2.06. The smallest absolute Gasteiger partial charge is 0.224 e. The van der Waals surface area contributed by atoms with Gasteiger partial charge < -0.3 is 5.32 Å². The van der Waals surface area contributed by atoms with E-state index >= 15 is 0 Å². The van der Waals surface area contributed by atoms with Gasteiger partial charge in [0.15, 0.2) is 0 Å². The Morgan fingerprint density at radius 3 is 2.56 bits per heavy atom. The summed E-state index contributed by atoms with van der Waals surface area (Å²) in [4.78, 5) is 11.6. The summed E-state index contributed by atoms with van der Waals surface area (Å²) < 4.78 is 0. The molecule has 0 saturated heterocycles. The number of carbonyl (C=O) groups excluding carboxylic acids is 1. The van der Waals surface area contributed by atoms with Crippen molar-refractivity contribution in [2.75, 3.05) is 17.3 Å². The van der Waals surface area contributed by atoms with E-state index in [-0.39, 0.29) is 5.91 Å². The Hall–Kier alpha value is -0.960. The number of hydrogen-bond acceptors (Lipinski definition) is 2. The Kier molecular flexibility index (Phi) is 7.58. The van der Waals surface area contributed by atoms with Gasteiger partial charge in [-0.25, -0.2) is 0 Å². The van der Waals surface area contributed by atoms with E-state index in [0.29, 0.717) is 6.42 Å². The summed E-state index contributed by atoms with van der Waals surface area (Å²) in [5.41, 5.74) is 2.25. The standard InChI is InChI=1S/C15H23NOS/c1-3-4-6-13-8-10-14(11-9-13)16-15(17)7-5-12-18-2/h8-11H,3-7,12H2,1-2H3,(H,16,17). The summed E-state index contributed by atoms with van der Waals surface area (Å²) in [7, 11) is 0. The lowest BCUT2D eigenvalue weighted by atomic mass is 10.1. The predicted octanol–water partition coefficient (Wildman–Crippen LogP) is 4.11. The van der Waals surface area contributed by atoms with Crippen LogP contribution in [0.4, 0.5) is 5.69 Å². The van der Waals surface area contributed by atoms with Gasteiger partial charge in [-0.15, -0.1) is 0 Å². The Balaban J connectivity index is 2.35. The van der Waals surface area contributed by atoms with Crippen LogP contribution < -0.4 is 5.32 Å². The third-order valence-corrected chi connectivity index (χ3v) is 3.51. The Morgan fingerprint density at radius 1 is 1.22 bits per heavy atom. The molecule has 1 rings (SSSR count). The molecule has 0 aliphatic heterocycles. The molecule has 0 bridgehead atoms. The summed E-state index contributed by atoms with van der Waals surface area (Å²) in [5.74, 6) is 1.16. The van der Waals surface area contributed by atoms with Crippen LogP contribution in [0, 0.1) is 0 Å². The summed E-state index contributed by atoms with van der Waals surface area (Å²) >= 11 is 1.78. The topological polar surface area (TPSA) is 29.1 Å². The highest BCUT2D eigenvalue weighted by molar-refractivity contribution is 7.98. The molecule has 1 aromatic rings. The fourth-order valence-corrected chi connectivity index (χ4v) is 2.17. The lowest BCUT2D eigenvalue weighted by molar-refractivity contribution is -0.116. The first kappa shape index (κ1) is 15.1. The second-order valence-corrected chi connectivity index (χ2v) is 5.43. The van der Waals surface area contributed by atoms with Gasteiger partial charge in [-0.2, -0.15) is 11.8 Å². The zero-order valence-corrected chi connectivity index (χ0v) is 12.2. The van der Waals surface area contributed by atoms with Gasteiger partial charge in [0, 0.05) is 12.1 Å². The minimum absolute atomic E-state index is 0.116. The number of rotatable bonds is 8. The van der Waals surface area contributed by atoms with Gasteiger partial charge in [0.25, 0.3) is 0 Å². The van der Waals surface area contributed by atoms with Crippen LogP contribution >= 0.6 is 11.8 Å². The average molecular weight is 265 g/mol. The van der Waals surface area contributed by atoms with Gasteiger partial charge >= 0.3 is 0 Å². The van der Waals surface area contributed by atoms with Crippen molar-refractivity contribution < 1.29 is 4.79 Å². The minimum atomic E-state index is 0.116. The number of unbranched alkanes of at least 4 members (excludes halogenated alkanes) is 1. The molecule has 0 aliphatic carbocycles. The number of anilines is 1. The van der Waals surface area contributed by atoms with Crippen LogP contribution in [0.3, 0.4) is 0 Å². The molecule has 3 heteroatoms. The summed E-state index contributed by atoms with van der Waals surface area (Å²) in [6, 6.07) is 8.20. The van der Waals surface area contributed by atoms with Crippen LogP contribution in [0.15, 0.2) is 24.3 Å². The zero-order chi connectivity index (χ0) is 13.2. The highest BCUT2D eigenvalue weighted by atomic mass is 32.2. The quantitative estimate of drug-likeness (QED) is 0.717. The van der Waals surface area contributed by atoms with Crippen molar-refractivity contribution in [1.29, 1.82) is 0 Å². The first-order valence-corrected chi connectivity index (χ1v) is 8.03. The molecule has 0 aliphatic rings. The second-order valence-electron chi connectivity index (χ2n) is 4.45. The Labute approximate surface area is 115 Å². The van der Waals surface area contributed by atoms with Gasteiger partial charge in [-0.05, 0) is 49.0 Å². The number of benzene rings is 1. The molecule has 0 fully saturated rings. The molecule has 0 aromatic heterocycles. The first-order valence-electron chi connectivity index (χ1n) is 6.64. The number of thioether (sulfide) groups is 1. The molecular formula is C15H23NOS. The van der Waals surface area contributed by atoms with Gasteiger partial charge in [0.1, 0.15) is 0 Å². The molecule has 1 aromatic carbocycles. The summed E-state index contributed by atoms with van der Waals surface area (Å²) in [5, 5.41) is 2.94. The van der Waals surface area contributed by atoms with E-state index in [2.05, 4.69) is 30.6 Å². The highest BCUT2D eigenvalue weighted by Crippen LogP contribution is 2.12. The van der Waals surface area contributed by atoms with E-state index in [1.807, 2.05) is 12.1 Å². The monoisotopic (exact) mass is 265 g/mol. The third kappa shape index (κ3) is 6.10. The van der Waals surface area contributed by atoms with Crippen LogP contribution in [-0.2, 0) is 11.2 Å². The SMILES string of the molecule is CCCCc1ccc(NC(=O)CCCSC)cc1. The lowest BCUT2D eigenvalue weighted by Crippen LogP contribution is -2.11. The third-order valence-electron chi connectivity index (χ3n) is 2.81. The van der Waals surface area contributed by atoms with Gasteiger partial charge in [-0.3, -0.25) is 4.79 Å². The molecule has 0 heterocycles. The number of amides is 1. The summed E-state index contributed by atoms with van der Waals surface area (Å²) in [6.45, 7) is 2.20. The van der Waals surface area contributed by atoms with Crippen molar-refractivity contribution in [3.8, 4) is 0 Å². The Bertz CT molecular complexity index is 348. The molecule has 0 atom stereocenters. The van der Waals surface area contributed by atoms with E-state index in [1.165, 1.54) is 18.4 Å². The number of hydrogen-bond donors (Lipinski definition) is 1. The largest absolute Gasteiger partial charge is 0.326 e. The van der Waals surface area contributed by atoms with Crippen molar-refractivity contribution in [2.24, 2.45) is 0 Å². The molecule has 0 saturated carbocycles. The normalized spacial score (nSPS) is 10.3. The molecule has 1 N–H and O–H groups in total. The van der Waals surface area contributed by atoms with Crippen LogP contribution in [0.2, 0.25) is 0 Å². The average Bonchev–Trinajstić information content (AvgIpc) is 2.38. The van der Waals surface area contributed by atoms with E-state index in [9.17, 15) is 4.79 Å². The molecule has 1 amide bonds. The maximum Gasteiger partial charge on any atom is 0.224 e. The van der Waals surface area contributed by atoms with Crippen molar-refractivity contribution >= 4 is 23.4 Å². The maximum absolute atomic E-state index is 11.6. The molecular weight excluding hydrogens is 242 g/mol. The molecule has 100 valence electrons. The molecule has 0 spiro atoms. The number of nitrogens with one attached hydrogen (secondary N) is 1. The Morgan fingerprint density at radius 2 is 1.94 bits per heavy atom. The van der Waals surface area contributed by atoms with Gasteiger partial charge in [0.2, 0.25) is 5.91 Å². The molecule has 18 heavy (non-hydrogen) atoms. The van der Waals surface area contributed by atoms with Crippen LogP contribution in [0.25, 0.3) is 0 Å².